The first-order valence-electron chi connectivity index (χ1n) is 7.24. The van der Waals surface area contributed by atoms with Gasteiger partial charge in [0.05, 0.1) is 0 Å². The van der Waals surface area contributed by atoms with Gasteiger partial charge in [-0.05, 0) is 25.7 Å². The minimum Gasteiger partial charge on any atom is -0.351 e. The van der Waals surface area contributed by atoms with Crippen LogP contribution in [0.5, 0.6) is 0 Å². The Morgan fingerprint density at radius 1 is 1.24 bits per heavy atom. The minimum atomic E-state index is 0.329. The summed E-state index contributed by atoms with van der Waals surface area (Å²) in [7, 11) is 0. The topological polar surface area (TPSA) is 107 Å². The van der Waals surface area contributed by atoms with Crippen molar-refractivity contribution in [3.05, 3.63) is 18.7 Å². The highest BCUT2D eigenvalue weighted by molar-refractivity contribution is 5.37. The SMILES string of the molecule is CC(Nc1nc(NN)nc(-n2ccnc2)n1)C1CCCC1. The molecule has 1 fully saturated rings. The second-order valence-corrected chi connectivity index (χ2v) is 5.37. The predicted octanol–water partition coefficient (Wildman–Crippen LogP) is 1.33. The molecule has 2 heterocycles. The fraction of sp³-hybridized carbons (Fsp3) is 0.538. The van der Waals surface area contributed by atoms with Crippen LogP contribution in [0.4, 0.5) is 11.9 Å². The molecule has 0 amide bonds. The molecule has 21 heavy (non-hydrogen) atoms. The average Bonchev–Trinajstić information content (AvgIpc) is 3.19. The van der Waals surface area contributed by atoms with E-state index in [4.69, 9.17) is 5.84 Å². The fourth-order valence-electron chi connectivity index (χ4n) is 2.77. The number of rotatable bonds is 5. The smallest absolute Gasteiger partial charge is 0.243 e. The van der Waals surface area contributed by atoms with Gasteiger partial charge in [-0.2, -0.15) is 15.0 Å². The number of hydrogen-bond donors (Lipinski definition) is 3. The molecule has 8 nitrogen and oxygen atoms in total. The first kappa shape index (κ1) is 13.7. The largest absolute Gasteiger partial charge is 0.351 e. The van der Waals surface area contributed by atoms with Gasteiger partial charge < -0.3 is 5.32 Å². The van der Waals surface area contributed by atoms with Crippen LogP contribution in [0.15, 0.2) is 18.7 Å². The molecular weight excluding hydrogens is 268 g/mol. The van der Waals surface area contributed by atoms with Crippen LogP contribution in [0.1, 0.15) is 32.6 Å². The van der Waals surface area contributed by atoms with Gasteiger partial charge in [-0.25, -0.2) is 10.8 Å². The molecule has 2 aromatic rings. The summed E-state index contributed by atoms with van der Waals surface area (Å²) in [5.41, 5.74) is 2.48. The summed E-state index contributed by atoms with van der Waals surface area (Å²) in [5, 5.41) is 3.37. The summed E-state index contributed by atoms with van der Waals surface area (Å²) >= 11 is 0. The van der Waals surface area contributed by atoms with E-state index in [1.165, 1.54) is 25.7 Å². The number of hydrazine groups is 1. The van der Waals surface area contributed by atoms with Crippen LogP contribution in [0.2, 0.25) is 0 Å². The van der Waals surface area contributed by atoms with Gasteiger partial charge in [0, 0.05) is 18.4 Å². The van der Waals surface area contributed by atoms with Crippen LogP contribution in [0, 0.1) is 5.92 Å². The van der Waals surface area contributed by atoms with Crippen molar-refractivity contribution in [3.63, 3.8) is 0 Å². The summed E-state index contributed by atoms with van der Waals surface area (Å²) in [6, 6.07) is 0.330. The van der Waals surface area contributed by atoms with Gasteiger partial charge >= 0.3 is 0 Å². The molecule has 1 atom stereocenters. The summed E-state index contributed by atoms with van der Waals surface area (Å²) in [6.45, 7) is 2.17. The first-order chi connectivity index (χ1) is 10.3. The molecule has 1 saturated carbocycles. The first-order valence-corrected chi connectivity index (χ1v) is 7.24. The Bertz CT molecular complexity index is 576. The molecular formula is C13H20N8. The lowest BCUT2D eigenvalue weighted by Crippen LogP contribution is -2.26. The zero-order chi connectivity index (χ0) is 14.7. The maximum atomic E-state index is 5.44. The van der Waals surface area contributed by atoms with Crippen molar-refractivity contribution in [2.75, 3.05) is 10.7 Å². The molecule has 1 aliphatic rings. The number of nitrogens with one attached hydrogen (secondary N) is 2. The zero-order valence-electron chi connectivity index (χ0n) is 12.0. The molecule has 3 rings (SSSR count). The van der Waals surface area contributed by atoms with Gasteiger partial charge in [-0.15, -0.1) is 0 Å². The number of anilines is 2. The summed E-state index contributed by atoms with van der Waals surface area (Å²) in [6.07, 6.45) is 10.2. The second kappa shape index (κ2) is 6.04. The van der Waals surface area contributed by atoms with Crippen LogP contribution in [0.3, 0.4) is 0 Å². The van der Waals surface area contributed by atoms with Crippen molar-refractivity contribution in [3.8, 4) is 5.95 Å². The molecule has 0 aliphatic heterocycles. The number of nitrogen functional groups attached to an aromatic ring is 1. The van der Waals surface area contributed by atoms with Gasteiger partial charge in [0.25, 0.3) is 0 Å². The highest BCUT2D eigenvalue weighted by atomic mass is 15.4. The maximum Gasteiger partial charge on any atom is 0.243 e. The van der Waals surface area contributed by atoms with E-state index < -0.39 is 0 Å². The quantitative estimate of drug-likeness (QED) is 0.563. The van der Waals surface area contributed by atoms with Crippen molar-refractivity contribution >= 4 is 11.9 Å². The molecule has 0 spiro atoms. The monoisotopic (exact) mass is 288 g/mol. The van der Waals surface area contributed by atoms with Crippen LogP contribution in [-0.2, 0) is 0 Å². The minimum absolute atomic E-state index is 0.329. The Labute approximate surface area is 123 Å². The Hall–Kier alpha value is -2.22. The van der Waals surface area contributed by atoms with Gasteiger partial charge in [-0.1, -0.05) is 12.8 Å². The van der Waals surface area contributed by atoms with Crippen LogP contribution >= 0.6 is 0 Å². The third-order valence-electron chi connectivity index (χ3n) is 3.95. The van der Waals surface area contributed by atoms with Gasteiger partial charge in [0.2, 0.25) is 17.8 Å². The van der Waals surface area contributed by atoms with Crippen molar-refractivity contribution in [1.82, 2.24) is 24.5 Å². The number of imidazole rings is 1. The zero-order valence-corrected chi connectivity index (χ0v) is 12.0. The Morgan fingerprint density at radius 2 is 2.00 bits per heavy atom. The third kappa shape index (κ3) is 3.10. The average molecular weight is 288 g/mol. The summed E-state index contributed by atoms with van der Waals surface area (Å²) in [5.74, 6) is 7.45. The summed E-state index contributed by atoms with van der Waals surface area (Å²) < 4.78 is 1.72. The third-order valence-corrected chi connectivity index (χ3v) is 3.95. The molecule has 4 N–H and O–H groups in total. The fourth-order valence-corrected chi connectivity index (χ4v) is 2.77. The van der Waals surface area contributed by atoms with Crippen LogP contribution < -0.4 is 16.6 Å². The lowest BCUT2D eigenvalue weighted by molar-refractivity contribution is 0.479. The lowest BCUT2D eigenvalue weighted by atomic mass is 10.0. The molecule has 2 aromatic heterocycles. The van der Waals surface area contributed by atoms with Gasteiger partial charge in [-0.3, -0.25) is 9.99 Å². The van der Waals surface area contributed by atoms with Gasteiger partial charge in [0.1, 0.15) is 6.33 Å². The highest BCUT2D eigenvalue weighted by Crippen LogP contribution is 2.28. The molecule has 112 valence electrons. The van der Waals surface area contributed by atoms with E-state index in [0.717, 1.165) is 0 Å². The van der Waals surface area contributed by atoms with Crippen molar-refractivity contribution < 1.29 is 0 Å². The van der Waals surface area contributed by atoms with E-state index >= 15 is 0 Å². The molecule has 0 bridgehead atoms. The second-order valence-electron chi connectivity index (χ2n) is 5.37. The number of nitrogens with two attached hydrogens (primary N) is 1. The van der Waals surface area contributed by atoms with E-state index in [9.17, 15) is 0 Å². The van der Waals surface area contributed by atoms with Crippen LogP contribution in [-0.4, -0.2) is 30.5 Å². The van der Waals surface area contributed by atoms with E-state index in [0.29, 0.717) is 29.8 Å². The Morgan fingerprint density at radius 3 is 2.67 bits per heavy atom. The van der Waals surface area contributed by atoms with Crippen LogP contribution in [0.25, 0.3) is 5.95 Å². The highest BCUT2D eigenvalue weighted by Gasteiger charge is 2.22. The molecule has 0 saturated heterocycles. The van der Waals surface area contributed by atoms with Crippen molar-refractivity contribution in [2.45, 2.75) is 38.6 Å². The molecule has 1 unspecified atom stereocenters. The van der Waals surface area contributed by atoms with Gasteiger partial charge in [0.15, 0.2) is 0 Å². The maximum absolute atomic E-state index is 5.44. The molecule has 0 aromatic carbocycles. The normalized spacial score (nSPS) is 16.9. The van der Waals surface area contributed by atoms with E-state index in [1.54, 1.807) is 23.3 Å². The van der Waals surface area contributed by atoms with Crippen molar-refractivity contribution in [1.29, 1.82) is 0 Å². The standard InChI is InChI=1S/C13H20N8/c1-9(10-4-2-3-5-10)16-11-17-12(20-14)19-13(18-11)21-7-6-15-8-21/h6-10H,2-5,14H2,1H3,(H2,16,17,18,19,20). The molecule has 0 radical (unpaired) electrons. The molecule has 1 aliphatic carbocycles. The van der Waals surface area contributed by atoms with E-state index in [1.807, 2.05) is 0 Å². The number of hydrogen-bond acceptors (Lipinski definition) is 7. The predicted molar refractivity (Wildman–Crippen MR) is 79.8 cm³/mol. The number of nitrogens with zero attached hydrogens (tertiary/aromatic N) is 5. The van der Waals surface area contributed by atoms with E-state index in [-0.39, 0.29) is 0 Å². The van der Waals surface area contributed by atoms with E-state index in [2.05, 4.69) is 37.6 Å². The lowest BCUT2D eigenvalue weighted by Gasteiger charge is -2.20. The van der Waals surface area contributed by atoms with Crippen molar-refractivity contribution in [2.24, 2.45) is 11.8 Å². The molecule has 8 heteroatoms. The Balaban J connectivity index is 1.82. The Kier molecular flexibility index (Phi) is 3.96. The summed E-state index contributed by atoms with van der Waals surface area (Å²) in [4.78, 5) is 16.9. The number of aromatic nitrogens is 5.